The minimum absolute atomic E-state index is 0.772. The number of rotatable bonds is 1. The van der Waals surface area contributed by atoms with Gasteiger partial charge in [-0.05, 0) is 5.57 Å². The van der Waals surface area contributed by atoms with Crippen molar-refractivity contribution >= 4 is 16.9 Å². The second-order valence-electron chi connectivity index (χ2n) is 3.41. The van der Waals surface area contributed by atoms with Crippen molar-refractivity contribution in [2.24, 2.45) is 0 Å². The number of hydrogen-bond acceptors (Lipinski definition) is 3. The van der Waals surface area contributed by atoms with Gasteiger partial charge in [-0.15, -0.1) is 11.3 Å². The molecule has 1 aliphatic carbocycles. The van der Waals surface area contributed by atoms with Gasteiger partial charge in [0.2, 0.25) is 0 Å². The van der Waals surface area contributed by atoms with E-state index in [2.05, 4.69) is 28.9 Å². The van der Waals surface area contributed by atoms with E-state index in [1.54, 1.807) is 11.3 Å². The molecule has 0 unspecified atom stereocenters. The predicted molar refractivity (Wildman–Crippen MR) is 58.6 cm³/mol. The fourth-order valence-electron chi connectivity index (χ4n) is 1.67. The predicted octanol–water partition coefficient (Wildman–Crippen LogP) is 2.18. The molecule has 1 aliphatic heterocycles. The van der Waals surface area contributed by atoms with Crippen LogP contribution in [0.2, 0.25) is 0 Å². The van der Waals surface area contributed by atoms with Crippen LogP contribution < -0.4 is 10.1 Å². The molecule has 0 radical (unpaired) electrons. The standard InChI is InChI=1S/C11H11NOS/c1-2-8(3-1)9-7-14-10-6-12-4-5-13-11(9)10/h1-3,7,12H,4-6H2. The lowest BCUT2D eigenvalue weighted by Gasteiger charge is -2.09. The maximum Gasteiger partial charge on any atom is 0.142 e. The minimum atomic E-state index is 0.772. The molecule has 1 N–H and O–H groups in total. The monoisotopic (exact) mass is 205 g/mol. The normalized spacial score (nSPS) is 19.0. The zero-order chi connectivity index (χ0) is 9.38. The van der Waals surface area contributed by atoms with Crippen molar-refractivity contribution in [3.05, 3.63) is 34.0 Å². The summed E-state index contributed by atoms with van der Waals surface area (Å²) in [6.07, 6.45) is 6.32. The van der Waals surface area contributed by atoms with Crippen molar-refractivity contribution in [2.75, 3.05) is 13.2 Å². The molecule has 0 aromatic carbocycles. The third kappa shape index (κ3) is 1.21. The zero-order valence-electron chi connectivity index (χ0n) is 7.75. The maximum atomic E-state index is 5.75. The average Bonchev–Trinajstić information content (AvgIpc) is 2.36. The van der Waals surface area contributed by atoms with Crippen molar-refractivity contribution in [3.8, 4) is 5.75 Å². The van der Waals surface area contributed by atoms with Gasteiger partial charge in [-0.25, -0.2) is 0 Å². The van der Waals surface area contributed by atoms with Gasteiger partial charge in [-0.2, -0.15) is 0 Å². The highest BCUT2D eigenvalue weighted by Gasteiger charge is 2.18. The van der Waals surface area contributed by atoms with Gasteiger partial charge in [0.15, 0.2) is 0 Å². The van der Waals surface area contributed by atoms with E-state index in [4.69, 9.17) is 4.74 Å². The molecular formula is C11H11NOS. The Hall–Kier alpha value is -1.06. The Labute approximate surface area is 86.9 Å². The van der Waals surface area contributed by atoms with Gasteiger partial charge in [-0.3, -0.25) is 0 Å². The molecule has 0 atom stereocenters. The third-order valence-corrected chi connectivity index (χ3v) is 3.46. The van der Waals surface area contributed by atoms with Crippen LogP contribution in [0.25, 0.3) is 5.57 Å². The Kier molecular flexibility index (Phi) is 1.92. The fraction of sp³-hybridized carbons (Fsp3) is 0.273. The van der Waals surface area contributed by atoms with Crippen LogP contribution >= 0.6 is 11.3 Å². The quantitative estimate of drug-likeness (QED) is 0.758. The smallest absolute Gasteiger partial charge is 0.142 e. The highest BCUT2D eigenvalue weighted by molar-refractivity contribution is 7.10. The molecule has 1 aromatic rings. The number of fused-ring (bicyclic) bond motifs is 1. The molecule has 0 spiro atoms. The minimum Gasteiger partial charge on any atom is -0.490 e. The van der Waals surface area contributed by atoms with E-state index in [0.29, 0.717) is 0 Å². The highest BCUT2D eigenvalue weighted by atomic mass is 32.1. The number of nitrogens with one attached hydrogen (secondary N) is 1. The van der Waals surface area contributed by atoms with Crippen LogP contribution in [0.5, 0.6) is 5.75 Å². The van der Waals surface area contributed by atoms with Crippen LogP contribution in [0.1, 0.15) is 10.4 Å². The van der Waals surface area contributed by atoms with Gasteiger partial charge in [0, 0.05) is 24.0 Å². The van der Waals surface area contributed by atoms with Crippen molar-refractivity contribution in [1.29, 1.82) is 0 Å². The molecule has 0 fully saturated rings. The van der Waals surface area contributed by atoms with Gasteiger partial charge < -0.3 is 10.1 Å². The molecule has 1 aromatic heterocycles. The Bertz CT molecular complexity index is 417. The van der Waals surface area contributed by atoms with Gasteiger partial charge in [0.05, 0.1) is 4.88 Å². The van der Waals surface area contributed by atoms with Gasteiger partial charge in [-0.1, -0.05) is 18.2 Å². The first-order valence-corrected chi connectivity index (χ1v) is 5.66. The van der Waals surface area contributed by atoms with E-state index >= 15 is 0 Å². The molecule has 0 amide bonds. The van der Waals surface area contributed by atoms with Crippen molar-refractivity contribution in [3.63, 3.8) is 0 Å². The average molecular weight is 205 g/mol. The summed E-state index contributed by atoms with van der Waals surface area (Å²) in [5.74, 6) is 1.09. The second-order valence-corrected chi connectivity index (χ2v) is 4.37. The highest BCUT2D eigenvalue weighted by Crippen LogP contribution is 2.38. The van der Waals surface area contributed by atoms with Crippen LogP contribution in [-0.4, -0.2) is 13.2 Å². The van der Waals surface area contributed by atoms with Gasteiger partial charge in [0.1, 0.15) is 12.4 Å². The summed E-state index contributed by atoms with van der Waals surface area (Å²) < 4.78 is 5.75. The second kappa shape index (κ2) is 3.26. The summed E-state index contributed by atoms with van der Waals surface area (Å²) in [6.45, 7) is 2.65. The number of ether oxygens (including phenoxy) is 1. The molecule has 0 saturated carbocycles. The first kappa shape index (κ1) is 8.26. The largest absolute Gasteiger partial charge is 0.490 e. The molecule has 2 nitrogen and oxygen atoms in total. The number of thiophene rings is 1. The van der Waals surface area contributed by atoms with Crippen molar-refractivity contribution in [2.45, 2.75) is 6.54 Å². The Balaban J connectivity index is 2.01. The van der Waals surface area contributed by atoms with Crippen molar-refractivity contribution in [1.82, 2.24) is 5.32 Å². The number of allylic oxidation sites excluding steroid dienone is 4. The van der Waals surface area contributed by atoms with Gasteiger partial charge in [0.25, 0.3) is 0 Å². The zero-order valence-corrected chi connectivity index (χ0v) is 8.56. The topological polar surface area (TPSA) is 21.3 Å². The maximum absolute atomic E-state index is 5.75. The molecule has 72 valence electrons. The molecule has 3 rings (SSSR count). The molecule has 14 heavy (non-hydrogen) atoms. The summed E-state index contributed by atoms with van der Waals surface area (Å²) in [5.41, 5.74) is 2.56. The van der Waals surface area contributed by atoms with Crippen LogP contribution in [0.4, 0.5) is 0 Å². The Morgan fingerprint density at radius 2 is 2.36 bits per heavy atom. The first-order chi connectivity index (χ1) is 6.95. The first-order valence-electron chi connectivity index (χ1n) is 4.78. The van der Waals surface area contributed by atoms with E-state index in [1.165, 1.54) is 16.0 Å². The molecule has 3 heteroatoms. The summed E-state index contributed by atoms with van der Waals surface area (Å²) in [4.78, 5) is 1.32. The van der Waals surface area contributed by atoms with E-state index in [-0.39, 0.29) is 0 Å². The molecular weight excluding hydrogens is 194 g/mol. The van der Waals surface area contributed by atoms with E-state index < -0.39 is 0 Å². The van der Waals surface area contributed by atoms with Crippen LogP contribution in [-0.2, 0) is 6.54 Å². The van der Waals surface area contributed by atoms with Crippen LogP contribution in [0, 0.1) is 0 Å². The van der Waals surface area contributed by atoms with Crippen LogP contribution in [0.15, 0.2) is 23.6 Å². The third-order valence-electron chi connectivity index (χ3n) is 2.49. The lowest BCUT2D eigenvalue weighted by atomic mass is 10.0. The Morgan fingerprint density at radius 1 is 1.43 bits per heavy atom. The summed E-state index contributed by atoms with van der Waals surface area (Å²) in [6, 6.07) is 0. The Morgan fingerprint density at radius 3 is 3.14 bits per heavy atom. The molecule has 2 heterocycles. The fourth-order valence-corrected chi connectivity index (χ4v) is 2.63. The SMILES string of the molecule is C1=CC(c2csc3c2OCCNC3)=C1. The summed E-state index contributed by atoms with van der Waals surface area (Å²) in [5, 5.41) is 5.53. The van der Waals surface area contributed by atoms with E-state index in [1.807, 2.05) is 0 Å². The van der Waals surface area contributed by atoms with E-state index in [9.17, 15) is 0 Å². The van der Waals surface area contributed by atoms with E-state index in [0.717, 1.165) is 25.4 Å². The number of hydrogen-bond donors (Lipinski definition) is 1. The lowest BCUT2D eigenvalue weighted by Crippen LogP contribution is -2.16. The summed E-state index contributed by atoms with van der Waals surface area (Å²) >= 11 is 1.78. The van der Waals surface area contributed by atoms with Crippen molar-refractivity contribution < 1.29 is 4.74 Å². The van der Waals surface area contributed by atoms with Crippen LogP contribution in [0.3, 0.4) is 0 Å². The summed E-state index contributed by atoms with van der Waals surface area (Å²) in [7, 11) is 0. The molecule has 0 saturated heterocycles. The molecule has 0 bridgehead atoms. The molecule has 2 aliphatic rings. The van der Waals surface area contributed by atoms with Gasteiger partial charge >= 0.3 is 0 Å². The lowest BCUT2D eigenvalue weighted by molar-refractivity contribution is 0.326.